The smallest absolute Gasteiger partial charge is 0.338 e. The number of aliphatic hydroxyl groups excluding tert-OH is 1. The molecule has 0 aromatic heterocycles. The summed E-state index contributed by atoms with van der Waals surface area (Å²) in [4.78, 5) is 53.7. The van der Waals surface area contributed by atoms with Gasteiger partial charge in [0.25, 0.3) is 11.8 Å². The normalized spacial score (nSPS) is 23.9. The Labute approximate surface area is 235 Å². The number of thioether (sulfide) groups is 1. The Morgan fingerprint density at radius 1 is 0.850 bits per heavy atom. The fourth-order valence-electron chi connectivity index (χ4n) is 4.81. The third kappa shape index (κ3) is 5.38. The number of rotatable bonds is 8. The summed E-state index contributed by atoms with van der Waals surface area (Å²) in [6.07, 6.45) is -4.00. The second kappa shape index (κ2) is 12.0. The van der Waals surface area contributed by atoms with Crippen LogP contribution in [0.3, 0.4) is 0 Å². The summed E-state index contributed by atoms with van der Waals surface area (Å²) in [5.41, 5.74) is 0.102. The summed E-state index contributed by atoms with van der Waals surface area (Å²) in [5.74, 6) is -1.98. The summed E-state index contributed by atoms with van der Waals surface area (Å²) in [7, 11) is 0. The van der Waals surface area contributed by atoms with Crippen LogP contribution in [0, 0.1) is 0 Å². The van der Waals surface area contributed by atoms with E-state index in [9.17, 15) is 24.3 Å². The summed E-state index contributed by atoms with van der Waals surface area (Å²) >= 11 is 1.28. The molecule has 5 rings (SSSR count). The number of imide groups is 1. The molecule has 206 valence electrons. The minimum Gasteiger partial charge on any atom is -0.459 e. The van der Waals surface area contributed by atoms with Gasteiger partial charge in [0, 0.05) is 0 Å². The molecule has 2 amide bonds. The Hall–Kier alpha value is -3.99. The van der Waals surface area contributed by atoms with E-state index in [0.29, 0.717) is 11.3 Å². The molecule has 2 aliphatic heterocycles. The molecule has 1 fully saturated rings. The number of nitrogens with zero attached hydrogens (tertiary/aromatic N) is 1. The molecule has 0 spiro atoms. The van der Waals surface area contributed by atoms with Crippen molar-refractivity contribution in [3.63, 3.8) is 0 Å². The Morgan fingerprint density at radius 2 is 1.38 bits per heavy atom. The number of esters is 2. The average molecular weight is 562 g/mol. The van der Waals surface area contributed by atoms with Crippen molar-refractivity contribution in [1.29, 1.82) is 0 Å². The van der Waals surface area contributed by atoms with E-state index in [1.807, 2.05) is 6.92 Å². The van der Waals surface area contributed by atoms with E-state index in [-0.39, 0.29) is 23.3 Å². The minimum atomic E-state index is -1.53. The maximum Gasteiger partial charge on any atom is 0.338 e. The van der Waals surface area contributed by atoms with Crippen LogP contribution in [0.15, 0.2) is 84.9 Å². The molecular formula is C30H27NO8S. The number of carbonyl (C=O) groups excluding carboxylic acids is 4. The van der Waals surface area contributed by atoms with Crippen LogP contribution in [0.5, 0.6) is 0 Å². The lowest BCUT2D eigenvalue weighted by Crippen LogP contribution is -2.65. The molecule has 0 aliphatic carbocycles. The third-order valence-electron chi connectivity index (χ3n) is 6.74. The third-order valence-corrected chi connectivity index (χ3v) is 7.79. The molecule has 5 atom stereocenters. The minimum absolute atomic E-state index is 0.217. The first kappa shape index (κ1) is 27.6. The van der Waals surface area contributed by atoms with Crippen LogP contribution in [0.1, 0.15) is 48.4 Å². The van der Waals surface area contributed by atoms with Crippen molar-refractivity contribution >= 4 is 35.5 Å². The van der Waals surface area contributed by atoms with Crippen LogP contribution >= 0.6 is 11.8 Å². The van der Waals surface area contributed by atoms with Gasteiger partial charge in [-0.25, -0.2) is 9.59 Å². The Balaban J connectivity index is 1.47. The lowest BCUT2D eigenvalue weighted by atomic mass is 9.96. The molecule has 0 saturated carbocycles. The molecule has 0 bridgehead atoms. The van der Waals surface area contributed by atoms with Crippen molar-refractivity contribution in [3.05, 3.63) is 107 Å². The Morgan fingerprint density at radius 3 is 1.93 bits per heavy atom. The molecule has 10 heteroatoms. The lowest BCUT2D eigenvalue weighted by Gasteiger charge is -2.46. The maximum atomic E-state index is 13.5. The zero-order valence-corrected chi connectivity index (χ0v) is 22.4. The number of amides is 2. The Bertz CT molecular complexity index is 1360. The fourth-order valence-corrected chi connectivity index (χ4v) is 5.83. The molecule has 1 saturated heterocycles. The van der Waals surface area contributed by atoms with Crippen LogP contribution in [0.25, 0.3) is 0 Å². The Kier molecular flexibility index (Phi) is 8.29. The van der Waals surface area contributed by atoms with Crippen molar-refractivity contribution in [2.24, 2.45) is 0 Å². The highest BCUT2D eigenvalue weighted by molar-refractivity contribution is 7.99. The number of hydrogen-bond acceptors (Lipinski definition) is 9. The van der Waals surface area contributed by atoms with Crippen LogP contribution in [0.4, 0.5) is 0 Å². The number of fused-ring (bicyclic) bond motifs is 1. The van der Waals surface area contributed by atoms with E-state index < -0.39 is 53.5 Å². The van der Waals surface area contributed by atoms with E-state index in [2.05, 4.69) is 0 Å². The van der Waals surface area contributed by atoms with Crippen molar-refractivity contribution < 1.29 is 38.5 Å². The van der Waals surface area contributed by atoms with Gasteiger partial charge in [0.15, 0.2) is 6.10 Å². The van der Waals surface area contributed by atoms with Crippen LogP contribution in [-0.2, 0) is 14.2 Å². The van der Waals surface area contributed by atoms with Crippen LogP contribution in [-0.4, -0.2) is 75.9 Å². The molecule has 2 heterocycles. The largest absolute Gasteiger partial charge is 0.459 e. The first-order valence-corrected chi connectivity index (χ1v) is 13.9. The van der Waals surface area contributed by atoms with E-state index in [1.54, 1.807) is 84.9 Å². The van der Waals surface area contributed by atoms with Gasteiger partial charge >= 0.3 is 11.9 Å². The molecule has 3 aromatic carbocycles. The number of ether oxygens (including phenoxy) is 3. The first-order chi connectivity index (χ1) is 19.4. The number of hydrogen-bond donors (Lipinski definition) is 1. The average Bonchev–Trinajstić information content (AvgIpc) is 3.24. The molecule has 2 aliphatic rings. The van der Waals surface area contributed by atoms with Crippen molar-refractivity contribution in [2.75, 3.05) is 12.4 Å². The van der Waals surface area contributed by atoms with Gasteiger partial charge in [-0.1, -0.05) is 55.5 Å². The van der Waals surface area contributed by atoms with Gasteiger partial charge in [0.2, 0.25) is 0 Å². The van der Waals surface area contributed by atoms with E-state index in [0.717, 1.165) is 4.90 Å². The van der Waals surface area contributed by atoms with Gasteiger partial charge in [0.1, 0.15) is 30.3 Å². The topological polar surface area (TPSA) is 119 Å². The molecule has 40 heavy (non-hydrogen) atoms. The highest BCUT2D eigenvalue weighted by Crippen LogP contribution is 2.37. The monoisotopic (exact) mass is 561 g/mol. The summed E-state index contributed by atoms with van der Waals surface area (Å²) in [6, 6.07) is 21.8. The first-order valence-electron chi connectivity index (χ1n) is 12.8. The second-order valence-corrected chi connectivity index (χ2v) is 10.6. The molecule has 3 aromatic rings. The van der Waals surface area contributed by atoms with Gasteiger partial charge in [0.05, 0.1) is 22.3 Å². The van der Waals surface area contributed by atoms with Gasteiger partial charge < -0.3 is 19.3 Å². The van der Waals surface area contributed by atoms with E-state index >= 15 is 0 Å². The summed E-state index contributed by atoms with van der Waals surface area (Å²) < 4.78 is 17.4. The quantitative estimate of drug-likeness (QED) is 0.325. The predicted molar refractivity (Wildman–Crippen MR) is 146 cm³/mol. The van der Waals surface area contributed by atoms with Gasteiger partial charge in [-0.05, 0) is 42.2 Å². The SMILES string of the molecule is CCS[C@@H]1O[C@H](COC(=O)c2ccccc2)[C@@H](O)[C@H](OC(=O)c2ccccc2)[C@H]1N1C(=O)c2ccccc2C1=O. The van der Waals surface area contributed by atoms with Crippen LogP contribution < -0.4 is 0 Å². The highest BCUT2D eigenvalue weighted by atomic mass is 32.2. The molecule has 9 nitrogen and oxygen atoms in total. The molecule has 0 unspecified atom stereocenters. The maximum absolute atomic E-state index is 13.5. The van der Waals surface area contributed by atoms with E-state index in [1.165, 1.54) is 11.8 Å². The van der Waals surface area contributed by atoms with Crippen LogP contribution in [0.2, 0.25) is 0 Å². The zero-order valence-electron chi connectivity index (χ0n) is 21.5. The summed E-state index contributed by atoms with van der Waals surface area (Å²) in [5, 5.41) is 11.5. The second-order valence-electron chi connectivity index (χ2n) is 9.21. The van der Waals surface area contributed by atoms with Gasteiger partial charge in [-0.2, -0.15) is 0 Å². The van der Waals surface area contributed by atoms with Crippen molar-refractivity contribution in [2.45, 2.75) is 36.7 Å². The zero-order chi connectivity index (χ0) is 28.2. The predicted octanol–water partition coefficient (Wildman–Crippen LogP) is 3.57. The van der Waals surface area contributed by atoms with Crippen molar-refractivity contribution in [1.82, 2.24) is 4.90 Å². The molecule has 1 N–H and O–H groups in total. The van der Waals surface area contributed by atoms with Crippen molar-refractivity contribution in [3.8, 4) is 0 Å². The molecular weight excluding hydrogens is 534 g/mol. The standard InChI is InChI=1S/C30H27NO8S/c1-2-40-30-23(31-26(33)20-15-9-10-16-21(20)27(31)34)25(39-29(36)19-13-7-4-8-14-19)24(32)22(38-30)17-37-28(35)18-11-5-3-6-12-18/h3-16,22-25,30,32H,2,17H2,1H3/t22-,23-,24-,25-,30+/m1/s1. The van der Waals surface area contributed by atoms with E-state index in [4.69, 9.17) is 14.2 Å². The fraction of sp³-hybridized carbons (Fsp3) is 0.267. The highest BCUT2D eigenvalue weighted by Gasteiger charge is 2.55. The lowest BCUT2D eigenvalue weighted by molar-refractivity contribution is -0.183. The van der Waals surface area contributed by atoms with Gasteiger partial charge in [-0.3, -0.25) is 14.5 Å². The summed E-state index contributed by atoms with van der Waals surface area (Å²) in [6.45, 7) is 1.53. The number of benzene rings is 3. The number of carbonyl (C=O) groups is 4. The van der Waals surface area contributed by atoms with Gasteiger partial charge in [-0.15, -0.1) is 11.8 Å². The number of aliphatic hydroxyl groups is 1. The molecule has 0 radical (unpaired) electrons.